The minimum absolute atomic E-state index is 0.120. The summed E-state index contributed by atoms with van der Waals surface area (Å²) >= 11 is 2.79. The summed E-state index contributed by atoms with van der Waals surface area (Å²) in [6, 6.07) is 21.1. The number of nitrogens with zero attached hydrogens (tertiary/aromatic N) is 4. The van der Waals surface area contributed by atoms with E-state index in [2.05, 4.69) is 15.3 Å². The summed E-state index contributed by atoms with van der Waals surface area (Å²) in [4.78, 5) is 34.8. The van der Waals surface area contributed by atoms with E-state index in [0.717, 1.165) is 31.5 Å². The molecule has 0 fully saturated rings. The molecule has 0 saturated heterocycles. The molecule has 186 valence electrons. The van der Waals surface area contributed by atoms with Crippen molar-refractivity contribution in [3.8, 4) is 5.69 Å². The molecule has 7 nitrogen and oxygen atoms in total. The van der Waals surface area contributed by atoms with E-state index in [1.807, 2.05) is 48.5 Å². The quantitative estimate of drug-likeness (QED) is 0.215. The summed E-state index contributed by atoms with van der Waals surface area (Å²) in [5.74, 6) is -0.445. The number of amides is 1. The summed E-state index contributed by atoms with van der Waals surface area (Å²) in [7, 11) is 1.78. The molecule has 5 aromatic rings. The Labute approximate surface area is 220 Å². The number of carbonyl (C=O) groups excluding carboxylic acids is 1. The smallest absolute Gasteiger partial charge is 0.295 e. The van der Waals surface area contributed by atoms with E-state index < -0.39 is 0 Å². The van der Waals surface area contributed by atoms with Gasteiger partial charge in [0.15, 0.2) is 4.34 Å². The lowest BCUT2D eigenvalue weighted by Gasteiger charge is -2.07. The van der Waals surface area contributed by atoms with Crippen LogP contribution in [0.5, 0.6) is 0 Å². The number of hydrogen-bond acceptors (Lipinski definition) is 6. The Bertz CT molecular complexity index is 1670. The molecule has 37 heavy (non-hydrogen) atoms. The first-order valence-corrected chi connectivity index (χ1v) is 13.2. The highest BCUT2D eigenvalue weighted by atomic mass is 32.2. The monoisotopic (exact) mass is 531 g/mol. The van der Waals surface area contributed by atoms with Gasteiger partial charge >= 0.3 is 0 Å². The Morgan fingerprint density at radius 3 is 2.65 bits per heavy atom. The maximum absolute atomic E-state index is 13.1. The predicted octanol–water partition coefficient (Wildman–Crippen LogP) is 5.71. The van der Waals surface area contributed by atoms with Gasteiger partial charge in [0.25, 0.3) is 5.56 Å². The lowest BCUT2D eigenvalue weighted by Crippen LogP contribution is -2.23. The van der Waals surface area contributed by atoms with Crippen LogP contribution in [-0.4, -0.2) is 32.2 Å². The number of nitrogens with one attached hydrogen (secondary N) is 1. The van der Waals surface area contributed by atoms with Crippen LogP contribution in [0.1, 0.15) is 11.3 Å². The predicted molar refractivity (Wildman–Crippen MR) is 148 cm³/mol. The molecule has 2 aromatic heterocycles. The zero-order chi connectivity index (χ0) is 25.9. The molecule has 0 spiro atoms. The lowest BCUT2D eigenvalue weighted by atomic mass is 10.2. The zero-order valence-corrected chi connectivity index (χ0v) is 21.6. The highest BCUT2D eigenvalue weighted by Crippen LogP contribution is 2.32. The van der Waals surface area contributed by atoms with Crippen LogP contribution in [0.15, 0.2) is 86.9 Å². The number of benzene rings is 3. The maximum Gasteiger partial charge on any atom is 0.295 e. The molecule has 10 heteroatoms. The molecule has 0 saturated carbocycles. The Hall–Kier alpha value is -4.02. The molecule has 0 bridgehead atoms. The molecule has 0 atom stereocenters. The second-order valence-electron chi connectivity index (χ2n) is 8.21. The van der Waals surface area contributed by atoms with Gasteiger partial charge in [-0.2, -0.15) is 0 Å². The van der Waals surface area contributed by atoms with Crippen LogP contribution in [0.25, 0.3) is 15.9 Å². The molecule has 0 radical (unpaired) electrons. The van der Waals surface area contributed by atoms with Gasteiger partial charge in [0.1, 0.15) is 11.5 Å². The number of halogens is 1. The van der Waals surface area contributed by atoms with Crippen molar-refractivity contribution in [2.45, 2.75) is 11.3 Å². The summed E-state index contributed by atoms with van der Waals surface area (Å²) in [6.07, 6.45) is 1.68. The van der Waals surface area contributed by atoms with E-state index in [1.54, 1.807) is 37.0 Å². The number of aliphatic imine (C=N–C) groups is 1. The van der Waals surface area contributed by atoms with Crippen LogP contribution in [0.4, 0.5) is 15.8 Å². The van der Waals surface area contributed by atoms with Gasteiger partial charge in [-0.3, -0.25) is 19.3 Å². The van der Waals surface area contributed by atoms with Crippen molar-refractivity contribution in [3.05, 3.63) is 100 Å². The fraction of sp³-hybridized carbons (Fsp3) is 0.111. The second kappa shape index (κ2) is 10.5. The molecule has 1 N–H and O–H groups in total. The average molecular weight is 532 g/mol. The van der Waals surface area contributed by atoms with Crippen LogP contribution >= 0.6 is 23.1 Å². The zero-order valence-electron chi connectivity index (χ0n) is 20.0. The van der Waals surface area contributed by atoms with Crippen molar-refractivity contribution in [2.75, 3.05) is 11.1 Å². The van der Waals surface area contributed by atoms with Crippen molar-refractivity contribution in [1.29, 1.82) is 0 Å². The Kier molecular flexibility index (Phi) is 7.02. The van der Waals surface area contributed by atoms with Gasteiger partial charge in [-0.1, -0.05) is 42.1 Å². The van der Waals surface area contributed by atoms with E-state index in [4.69, 9.17) is 0 Å². The number of aromatic nitrogens is 3. The number of thioether (sulfide) groups is 1. The number of thiazole rings is 1. The average Bonchev–Trinajstić information content (AvgIpc) is 3.41. The Morgan fingerprint density at radius 1 is 1.14 bits per heavy atom. The van der Waals surface area contributed by atoms with Crippen molar-refractivity contribution >= 4 is 56.8 Å². The number of anilines is 1. The highest BCUT2D eigenvalue weighted by Gasteiger charge is 2.18. The van der Waals surface area contributed by atoms with E-state index >= 15 is 0 Å². The third kappa shape index (κ3) is 5.40. The van der Waals surface area contributed by atoms with Crippen LogP contribution < -0.4 is 10.9 Å². The molecular formula is C27H22FN5O2S2. The third-order valence-electron chi connectivity index (χ3n) is 5.73. The fourth-order valence-corrected chi connectivity index (χ4v) is 5.65. The van der Waals surface area contributed by atoms with E-state index in [9.17, 15) is 14.0 Å². The number of para-hydroxylation sites is 1. The van der Waals surface area contributed by atoms with Gasteiger partial charge in [-0.25, -0.2) is 14.1 Å². The first kappa shape index (κ1) is 24.7. The number of carbonyl (C=O) groups is 1. The summed E-state index contributed by atoms with van der Waals surface area (Å²) in [5, 5.41) is 2.78. The van der Waals surface area contributed by atoms with Crippen LogP contribution in [0.3, 0.4) is 0 Å². The van der Waals surface area contributed by atoms with Crippen LogP contribution in [-0.2, 0) is 11.8 Å². The second-order valence-corrected chi connectivity index (χ2v) is 10.5. The van der Waals surface area contributed by atoms with E-state index in [0.29, 0.717) is 5.69 Å². The Morgan fingerprint density at radius 2 is 1.89 bits per heavy atom. The number of hydrogen-bond donors (Lipinski definition) is 1. The van der Waals surface area contributed by atoms with Crippen molar-refractivity contribution in [2.24, 2.45) is 12.0 Å². The van der Waals surface area contributed by atoms with Gasteiger partial charge in [-0.05, 0) is 55.0 Å². The molecule has 3 aromatic carbocycles. The molecular weight excluding hydrogens is 509 g/mol. The van der Waals surface area contributed by atoms with Crippen molar-refractivity contribution in [1.82, 2.24) is 14.3 Å². The lowest BCUT2D eigenvalue weighted by molar-refractivity contribution is -0.113. The first-order chi connectivity index (χ1) is 17.9. The van der Waals surface area contributed by atoms with Crippen LogP contribution in [0.2, 0.25) is 0 Å². The summed E-state index contributed by atoms with van der Waals surface area (Å²) < 4.78 is 18.0. The highest BCUT2D eigenvalue weighted by molar-refractivity contribution is 8.01. The fourth-order valence-electron chi connectivity index (χ4n) is 3.75. The summed E-state index contributed by atoms with van der Waals surface area (Å²) in [5.41, 5.74) is 3.76. The molecule has 1 amide bonds. The minimum Gasteiger partial charge on any atom is -0.319 e. The number of rotatable bonds is 7. The molecule has 0 aliphatic carbocycles. The van der Waals surface area contributed by atoms with Gasteiger partial charge in [0.2, 0.25) is 5.91 Å². The standard InChI is InChI=1S/C27H22FN5O2S2/c1-17-25(26(35)33(32(17)2)21-6-4-3-5-7-21)31-24(34)16-36-27-30-22-13-12-20(14-23(22)37-27)29-15-18-8-10-19(28)11-9-18/h3-15H,16H2,1-2H3,(H,31,34). The molecule has 2 heterocycles. The number of fused-ring (bicyclic) bond motifs is 1. The van der Waals surface area contributed by atoms with E-state index in [1.165, 1.54) is 39.9 Å². The van der Waals surface area contributed by atoms with Crippen molar-refractivity contribution < 1.29 is 9.18 Å². The molecule has 0 unspecified atom stereocenters. The summed E-state index contributed by atoms with van der Waals surface area (Å²) in [6.45, 7) is 1.80. The third-order valence-corrected chi connectivity index (χ3v) is 7.89. The topological polar surface area (TPSA) is 81.3 Å². The van der Waals surface area contributed by atoms with Gasteiger partial charge in [-0.15, -0.1) is 11.3 Å². The molecule has 0 aliphatic heterocycles. The maximum atomic E-state index is 13.1. The minimum atomic E-state index is -0.287. The largest absolute Gasteiger partial charge is 0.319 e. The Balaban J connectivity index is 1.26. The first-order valence-electron chi connectivity index (χ1n) is 11.4. The van der Waals surface area contributed by atoms with Gasteiger partial charge in [0, 0.05) is 13.3 Å². The van der Waals surface area contributed by atoms with Gasteiger partial charge in [0.05, 0.1) is 33.0 Å². The van der Waals surface area contributed by atoms with Crippen LogP contribution in [0, 0.1) is 12.7 Å². The van der Waals surface area contributed by atoms with E-state index in [-0.39, 0.29) is 28.7 Å². The van der Waals surface area contributed by atoms with Gasteiger partial charge < -0.3 is 5.32 Å². The normalized spacial score (nSPS) is 11.4. The van der Waals surface area contributed by atoms with Crippen molar-refractivity contribution in [3.63, 3.8) is 0 Å². The molecule has 0 aliphatic rings. The SMILES string of the molecule is Cc1c(NC(=O)CSc2nc3ccc(N=Cc4ccc(F)cc4)cc3s2)c(=O)n(-c2ccccc2)n1C. The molecule has 5 rings (SSSR count).